The molecule has 4 aromatic heterocycles. The van der Waals surface area contributed by atoms with Crippen molar-refractivity contribution in [2.75, 3.05) is 0 Å². The number of nitrogens with zero attached hydrogens (tertiary/aromatic N) is 8. The highest BCUT2D eigenvalue weighted by atomic mass is 15.0. The van der Waals surface area contributed by atoms with Gasteiger partial charge in [-0.15, -0.1) is 0 Å². The molecule has 0 aliphatic heterocycles. The van der Waals surface area contributed by atoms with E-state index in [-0.39, 0.29) is 5.41 Å². The first-order valence-corrected chi connectivity index (χ1v) is 15.1. The highest BCUT2D eigenvalue weighted by Gasteiger charge is 2.35. The maximum atomic E-state index is 4.78. The maximum absolute atomic E-state index is 4.78. The summed E-state index contributed by atoms with van der Waals surface area (Å²) in [6.45, 7) is 3.79. The average molecular weight is 577 g/mol. The van der Waals surface area contributed by atoms with E-state index in [2.05, 4.69) is 78.4 Å². The molecule has 0 saturated heterocycles. The van der Waals surface area contributed by atoms with Crippen LogP contribution in [0, 0.1) is 13.8 Å². The second-order valence-corrected chi connectivity index (χ2v) is 11.3. The van der Waals surface area contributed by atoms with Gasteiger partial charge in [-0.3, -0.25) is 9.97 Å². The second kappa shape index (κ2) is 11.8. The summed E-state index contributed by atoms with van der Waals surface area (Å²) < 4.78 is 0. The van der Waals surface area contributed by atoms with Gasteiger partial charge in [0, 0.05) is 40.7 Å². The molecule has 216 valence electrons. The summed E-state index contributed by atoms with van der Waals surface area (Å²) in [5.41, 5.74) is 6.13. The van der Waals surface area contributed by atoms with Gasteiger partial charge in [0.1, 0.15) is 17.3 Å². The van der Waals surface area contributed by atoms with E-state index in [1.807, 2.05) is 44.2 Å². The van der Waals surface area contributed by atoms with Crippen LogP contribution in [0.5, 0.6) is 0 Å². The largest absolute Gasteiger partial charge is 0.264 e. The van der Waals surface area contributed by atoms with Crippen molar-refractivity contribution in [3.8, 4) is 45.7 Å². The molecule has 8 nitrogen and oxygen atoms in total. The molecule has 0 spiro atoms. The Bertz CT molecular complexity index is 1750. The van der Waals surface area contributed by atoms with Crippen molar-refractivity contribution < 1.29 is 0 Å². The van der Waals surface area contributed by atoms with Crippen molar-refractivity contribution in [3.63, 3.8) is 0 Å². The number of pyridine rings is 2. The van der Waals surface area contributed by atoms with Gasteiger partial charge in [-0.25, -0.2) is 29.9 Å². The van der Waals surface area contributed by atoms with E-state index in [0.717, 1.165) is 35.2 Å². The Kier molecular flexibility index (Phi) is 7.40. The minimum Gasteiger partial charge on any atom is -0.264 e. The van der Waals surface area contributed by atoms with E-state index in [9.17, 15) is 0 Å². The van der Waals surface area contributed by atoms with Gasteiger partial charge in [-0.05, 0) is 62.1 Å². The lowest BCUT2D eigenvalue weighted by molar-refractivity contribution is 0.346. The van der Waals surface area contributed by atoms with Crippen LogP contribution in [0.15, 0.2) is 97.5 Å². The third kappa shape index (κ3) is 5.46. The summed E-state index contributed by atoms with van der Waals surface area (Å²) in [7, 11) is 0. The topological polar surface area (TPSA) is 103 Å². The first kappa shape index (κ1) is 27.6. The summed E-state index contributed by atoms with van der Waals surface area (Å²) in [6.07, 6.45) is 11.2. The Labute approximate surface area is 256 Å². The molecule has 0 amide bonds. The average Bonchev–Trinajstić information content (AvgIpc) is 3.09. The molecule has 8 heteroatoms. The van der Waals surface area contributed by atoms with Crippen LogP contribution in [0.2, 0.25) is 0 Å². The van der Waals surface area contributed by atoms with Crippen molar-refractivity contribution in [1.29, 1.82) is 0 Å². The number of aryl methyl sites for hydroxylation is 2. The zero-order chi connectivity index (χ0) is 29.9. The number of hydrogen-bond donors (Lipinski definition) is 0. The molecule has 0 N–H and O–H groups in total. The van der Waals surface area contributed by atoms with Crippen molar-refractivity contribution in [2.45, 2.75) is 51.4 Å². The third-order valence-electron chi connectivity index (χ3n) is 8.41. The van der Waals surface area contributed by atoms with Gasteiger partial charge < -0.3 is 0 Å². The fourth-order valence-corrected chi connectivity index (χ4v) is 6.23. The molecule has 2 aromatic carbocycles. The lowest BCUT2D eigenvalue weighted by Gasteiger charge is -2.39. The second-order valence-electron chi connectivity index (χ2n) is 11.3. The highest BCUT2D eigenvalue weighted by molar-refractivity contribution is 5.62. The molecular weight excluding hydrogens is 544 g/mol. The Morgan fingerprint density at radius 2 is 1.07 bits per heavy atom. The normalized spacial score (nSPS) is 14.3. The molecule has 1 aliphatic carbocycles. The van der Waals surface area contributed by atoms with Gasteiger partial charge >= 0.3 is 0 Å². The molecule has 0 unspecified atom stereocenters. The minimum atomic E-state index is -0.0562. The van der Waals surface area contributed by atoms with Crippen molar-refractivity contribution in [1.82, 2.24) is 39.9 Å². The summed E-state index contributed by atoms with van der Waals surface area (Å²) in [6, 6.07) is 27.2. The van der Waals surface area contributed by atoms with Crippen LogP contribution in [-0.2, 0) is 5.41 Å². The first-order chi connectivity index (χ1) is 21.6. The number of benzene rings is 2. The van der Waals surface area contributed by atoms with Gasteiger partial charge in [0.15, 0.2) is 23.3 Å². The molecule has 1 aliphatic rings. The van der Waals surface area contributed by atoms with Crippen LogP contribution >= 0.6 is 0 Å². The third-order valence-corrected chi connectivity index (χ3v) is 8.41. The Balaban J connectivity index is 1.21. The van der Waals surface area contributed by atoms with Crippen LogP contribution in [0.4, 0.5) is 0 Å². The van der Waals surface area contributed by atoms with Crippen molar-refractivity contribution in [2.24, 2.45) is 0 Å². The van der Waals surface area contributed by atoms with E-state index in [1.54, 1.807) is 18.6 Å². The van der Waals surface area contributed by atoms with Crippen LogP contribution in [0.3, 0.4) is 0 Å². The molecule has 6 aromatic rings. The monoisotopic (exact) mass is 576 g/mol. The fraction of sp³-hybridized carbons (Fsp3) is 0.222. The smallest absolute Gasteiger partial charge is 0.182 e. The first-order valence-electron chi connectivity index (χ1n) is 15.1. The van der Waals surface area contributed by atoms with E-state index >= 15 is 0 Å². The van der Waals surface area contributed by atoms with E-state index in [1.165, 1.54) is 30.4 Å². The maximum Gasteiger partial charge on any atom is 0.182 e. The van der Waals surface area contributed by atoms with Gasteiger partial charge in [-0.2, -0.15) is 0 Å². The van der Waals surface area contributed by atoms with E-state index in [0.29, 0.717) is 34.9 Å². The van der Waals surface area contributed by atoms with E-state index in [4.69, 9.17) is 9.97 Å². The van der Waals surface area contributed by atoms with Gasteiger partial charge in [0.2, 0.25) is 0 Å². The summed E-state index contributed by atoms with van der Waals surface area (Å²) in [4.78, 5) is 36.6. The summed E-state index contributed by atoms with van der Waals surface area (Å²) in [5.74, 6) is 3.90. The lowest BCUT2D eigenvalue weighted by Crippen LogP contribution is -2.30. The van der Waals surface area contributed by atoms with Gasteiger partial charge in [0.05, 0.1) is 0 Å². The summed E-state index contributed by atoms with van der Waals surface area (Å²) >= 11 is 0. The number of rotatable bonds is 6. The predicted octanol–water partition coefficient (Wildman–Crippen LogP) is 7.38. The quantitative estimate of drug-likeness (QED) is 0.202. The molecule has 0 atom stereocenters. The van der Waals surface area contributed by atoms with Gasteiger partial charge in [-0.1, -0.05) is 73.9 Å². The number of aromatic nitrogens is 8. The van der Waals surface area contributed by atoms with Crippen LogP contribution in [-0.4, -0.2) is 39.9 Å². The van der Waals surface area contributed by atoms with Crippen molar-refractivity contribution >= 4 is 0 Å². The molecule has 1 saturated carbocycles. The SMILES string of the molecule is Cc1nc(-c2ccc(C3(c4ccc(-c5nc(C)nc(-c6ccccn6)n5)cc4)CCCCC3)cc2)nc(-c2cccnc2)n1. The van der Waals surface area contributed by atoms with E-state index < -0.39 is 0 Å². The van der Waals surface area contributed by atoms with Crippen LogP contribution < -0.4 is 0 Å². The Morgan fingerprint density at radius 3 is 1.61 bits per heavy atom. The van der Waals surface area contributed by atoms with Crippen molar-refractivity contribution in [3.05, 3.63) is 120 Å². The minimum absolute atomic E-state index is 0.0562. The molecule has 0 bridgehead atoms. The predicted molar refractivity (Wildman–Crippen MR) is 170 cm³/mol. The highest BCUT2D eigenvalue weighted by Crippen LogP contribution is 2.45. The number of hydrogen-bond acceptors (Lipinski definition) is 8. The zero-order valence-corrected chi connectivity index (χ0v) is 24.9. The molecule has 7 rings (SSSR count). The fourth-order valence-electron chi connectivity index (χ4n) is 6.23. The summed E-state index contributed by atoms with van der Waals surface area (Å²) in [5, 5.41) is 0. The molecule has 0 radical (unpaired) electrons. The van der Waals surface area contributed by atoms with Gasteiger partial charge in [0.25, 0.3) is 0 Å². The zero-order valence-electron chi connectivity index (χ0n) is 24.9. The standard InChI is InChI=1S/C36H32N8/c1-24-39-32(43-34(41-24)28-9-8-21-37-23-28)26-11-15-29(16-12-26)36(19-5-3-6-20-36)30-17-13-27(14-18-30)33-40-25(2)42-35(44-33)31-10-4-7-22-38-31/h4,7-18,21-23H,3,5-6,19-20H2,1-2H3. The Hall–Kier alpha value is -5.24. The van der Waals surface area contributed by atoms with Crippen LogP contribution in [0.1, 0.15) is 54.9 Å². The molecule has 1 fully saturated rings. The molecule has 4 heterocycles. The Morgan fingerprint density at radius 1 is 0.500 bits per heavy atom. The molecular formula is C36H32N8. The molecule has 44 heavy (non-hydrogen) atoms. The lowest BCUT2D eigenvalue weighted by atomic mass is 9.65. The van der Waals surface area contributed by atoms with Crippen LogP contribution in [0.25, 0.3) is 45.7 Å².